The van der Waals surface area contributed by atoms with Crippen molar-refractivity contribution in [3.05, 3.63) is 30.1 Å². The van der Waals surface area contributed by atoms with E-state index in [0.29, 0.717) is 12.4 Å². The monoisotopic (exact) mass is 276 g/mol. The normalized spacial score (nSPS) is 17.2. The van der Waals surface area contributed by atoms with E-state index in [1.165, 1.54) is 0 Å². The summed E-state index contributed by atoms with van der Waals surface area (Å²) in [6.45, 7) is 3.95. The number of guanidine groups is 1. The van der Waals surface area contributed by atoms with Gasteiger partial charge in [0.15, 0.2) is 0 Å². The summed E-state index contributed by atoms with van der Waals surface area (Å²) in [4.78, 5) is 12.2. The Morgan fingerprint density at radius 3 is 2.75 bits per heavy atom. The zero-order chi connectivity index (χ0) is 14.4. The summed E-state index contributed by atoms with van der Waals surface area (Å²) in [7, 11) is 0. The van der Waals surface area contributed by atoms with Crippen LogP contribution in [0.15, 0.2) is 29.5 Å². The third-order valence-electron chi connectivity index (χ3n) is 3.27. The van der Waals surface area contributed by atoms with Gasteiger partial charge in [0.05, 0.1) is 6.61 Å². The van der Waals surface area contributed by atoms with Gasteiger partial charge in [-0.25, -0.2) is 0 Å². The maximum atomic E-state index is 8.90. The number of piperazine rings is 1. The number of hydrogen-bond donors (Lipinski definition) is 3. The Kier molecular flexibility index (Phi) is 5.03. The summed E-state index contributed by atoms with van der Waals surface area (Å²) in [5, 5.41) is 16.9. The number of nitrogens with one attached hydrogen (secondary N) is 1. The van der Waals surface area contributed by atoms with Crippen LogP contribution in [0.4, 0.5) is 0 Å². The van der Waals surface area contributed by atoms with Gasteiger partial charge in [-0.2, -0.15) is 4.99 Å². The highest BCUT2D eigenvalue weighted by atomic mass is 16.3. The van der Waals surface area contributed by atoms with Gasteiger partial charge in [0, 0.05) is 50.7 Å². The number of hydrogen-bond acceptors (Lipinski definition) is 4. The van der Waals surface area contributed by atoms with E-state index in [0.717, 1.165) is 31.7 Å². The van der Waals surface area contributed by atoms with E-state index in [1.54, 1.807) is 18.5 Å². The Bertz CT molecular complexity index is 467. The van der Waals surface area contributed by atoms with Crippen molar-refractivity contribution in [2.75, 3.05) is 39.3 Å². The minimum absolute atomic E-state index is 0.170. The van der Waals surface area contributed by atoms with Gasteiger partial charge in [0.25, 0.3) is 0 Å². The summed E-state index contributed by atoms with van der Waals surface area (Å²) < 4.78 is 0. The minimum atomic E-state index is 0.170. The lowest BCUT2D eigenvalue weighted by molar-refractivity contribution is 0.146. The number of nitrogens with zero attached hydrogens (tertiary/aromatic N) is 4. The molecular formula is C13H20N6O. The molecule has 0 radical (unpaired) electrons. The van der Waals surface area contributed by atoms with Crippen LogP contribution in [0, 0.1) is 5.41 Å². The highest BCUT2D eigenvalue weighted by Crippen LogP contribution is 2.03. The van der Waals surface area contributed by atoms with E-state index in [2.05, 4.69) is 14.9 Å². The molecule has 0 bridgehead atoms. The van der Waals surface area contributed by atoms with Crippen molar-refractivity contribution >= 4 is 11.8 Å². The molecule has 2 heterocycles. The second-order valence-electron chi connectivity index (χ2n) is 4.61. The van der Waals surface area contributed by atoms with Gasteiger partial charge < -0.3 is 15.7 Å². The molecule has 1 saturated heterocycles. The Labute approximate surface area is 118 Å². The molecule has 2 rings (SSSR count). The van der Waals surface area contributed by atoms with E-state index in [-0.39, 0.29) is 12.6 Å². The second-order valence-corrected chi connectivity index (χ2v) is 4.61. The average Bonchev–Trinajstić information content (AvgIpc) is 2.49. The number of β-amino-alcohol motifs (C(OH)–C–C–N with tert-alkyl or cyclic N) is 1. The van der Waals surface area contributed by atoms with Gasteiger partial charge in [-0.1, -0.05) is 0 Å². The predicted octanol–water partition coefficient (Wildman–Crippen LogP) is -0.668. The predicted molar refractivity (Wildman–Crippen MR) is 77.8 cm³/mol. The fourth-order valence-corrected chi connectivity index (χ4v) is 2.09. The summed E-state index contributed by atoms with van der Waals surface area (Å²) in [5.41, 5.74) is 6.60. The zero-order valence-electron chi connectivity index (χ0n) is 11.4. The van der Waals surface area contributed by atoms with E-state index in [1.807, 2.05) is 11.0 Å². The molecule has 0 aliphatic carbocycles. The van der Waals surface area contributed by atoms with Crippen LogP contribution in [-0.4, -0.2) is 71.0 Å². The van der Waals surface area contributed by atoms with E-state index >= 15 is 0 Å². The molecule has 108 valence electrons. The summed E-state index contributed by atoms with van der Waals surface area (Å²) in [6.07, 6.45) is 3.30. The standard InChI is InChI=1S/C13H20N6O/c14-12(11-2-1-3-16-10-11)17-13(15)19-6-4-18(5-7-19)8-9-20/h1-3,10,20H,4-9H2,(H3,14,15,17). The van der Waals surface area contributed by atoms with E-state index in [4.69, 9.17) is 16.2 Å². The average molecular weight is 276 g/mol. The largest absolute Gasteiger partial charge is 0.395 e. The van der Waals surface area contributed by atoms with Crippen molar-refractivity contribution in [3.8, 4) is 0 Å². The van der Waals surface area contributed by atoms with Crippen LogP contribution in [0.1, 0.15) is 5.56 Å². The number of aromatic nitrogens is 1. The molecule has 1 aromatic rings. The first-order chi connectivity index (χ1) is 9.70. The van der Waals surface area contributed by atoms with Crippen LogP contribution in [0.5, 0.6) is 0 Å². The quantitative estimate of drug-likeness (QED) is 0.502. The third kappa shape index (κ3) is 3.75. The molecule has 1 aliphatic heterocycles. The summed E-state index contributed by atoms with van der Waals surface area (Å²) in [6, 6.07) is 3.60. The summed E-state index contributed by atoms with van der Waals surface area (Å²) in [5.74, 6) is 0.482. The molecule has 0 aromatic carbocycles. The molecule has 1 aromatic heterocycles. The lowest BCUT2D eigenvalue weighted by atomic mass is 10.3. The molecule has 1 fully saturated rings. The van der Waals surface area contributed by atoms with Crippen molar-refractivity contribution in [2.45, 2.75) is 0 Å². The number of aliphatic hydroxyl groups is 1. The number of aliphatic hydroxyl groups excluding tert-OH is 1. The number of pyridine rings is 1. The van der Waals surface area contributed by atoms with Gasteiger partial charge in [-0.3, -0.25) is 15.3 Å². The molecule has 4 N–H and O–H groups in total. The van der Waals surface area contributed by atoms with Crippen LogP contribution in [0.25, 0.3) is 0 Å². The van der Waals surface area contributed by atoms with Gasteiger partial charge >= 0.3 is 0 Å². The fraction of sp³-hybridized carbons (Fsp3) is 0.462. The molecule has 0 unspecified atom stereocenters. The topological polar surface area (TPSA) is 102 Å². The van der Waals surface area contributed by atoms with Crippen molar-refractivity contribution < 1.29 is 5.11 Å². The Morgan fingerprint density at radius 1 is 1.40 bits per heavy atom. The smallest absolute Gasteiger partial charge is 0.219 e. The molecule has 7 nitrogen and oxygen atoms in total. The van der Waals surface area contributed by atoms with Gasteiger partial charge in [0.2, 0.25) is 5.96 Å². The van der Waals surface area contributed by atoms with E-state index < -0.39 is 0 Å². The summed E-state index contributed by atoms with van der Waals surface area (Å²) >= 11 is 0. The lowest BCUT2D eigenvalue weighted by Crippen LogP contribution is -2.49. The van der Waals surface area contributed by atoms with Crippen molar-refractivity contribution in [2.24, 2.45) is 10.7 Å². The highest BCUT2D eigenvalue weighted by Gasteiger charge is 2.18. The number of amidine groups is 1. The molecular weight excluding hydrogens is 256 g/mol. The number of aliphatic imine (C=N–C) groups is 1. The van der Waals surface area contributed by atoms with Crippen molar-refractivity contribution in [1.29, 1.82) is 5.41 Å². The molecule has 0 amide bonds. The van der Waals surface area contributed by atoms with Crippen LogP contribution in [-0.2, 0) is 0 Å². The van der Waals surface area contributed by atoms with Gasteiger partial charge in [-0.15, -0.1) is 0 Å². The first-order valence-electron chi connectivity index (χ1n) is 6.62. The fourth-order valence-electron chi connectivity index (χ4n) is 2.09. The second kappa shape index (κ2) is 6.97. The van der Waals surface area contributed by atoms with Gasteiger partial charge in [-0.05, 0) is 12.1 Å². The third-order valence-corrected chi connectivity index (χ3v) is 3.27. The SMILES string of the molecule is N=C(/N=C(\N)c1cccnc1)N1CCN(CCO)CC1. The van der Waals surface area contributed by atoms with Crippen molar-refractivity contribution in [1.82, 2.24) is 14.8 Å². The highest BCUT2D eigenvalue weighted by molar-refractivity contribution is 6.03. The van der Waals surface area contributed by atoms with Crippen LogP contribution < -0.4 is 5.73 Å². The molecule has 7 heteroatoms. The maximum absolute atomic E-state index is 8.90. The lowest BCUT2D eigenvalue weighted by Gasteiger charge is -2.34. The molecule has 0 atom stereocenters. The van der Waals surface area contributed by atoms with Gasteiger partial charge in [0.1, 0.15) is 5.84 Å². The number of rotatable bonds is 3. The van der Waals surface area contributed by atoms with Crippen LogP contribution in [0.2, 0.25) is 0 Å². The first-order valence-corrected chi connectivity index (χ1v) is 6.62. The van der Waals surface area contributed by atoms with Crippen molar-refractivity contribution in [3.63, 3.8) is 0 Å². The maximum Gasteiger partial charge on any atom is 0.219 e. The molecule has 0 spiro atoms. The first kappa shape index (κ1) is 14.4. The minimum Gasteiger partial charge on any atom is -0.395 e. The Hall–Kier alpha value is -1.99. The molecule has 1 aliphatic rings. The van der Waals surface area contributed by atoms with Crippen LogP contribution >= 0.6 is 0 Å². The Balaban J connectivity index is 1.92. The van der Waals surface area contributed by atoms with Crippen LogP contribution in [0.3, 0.4) is 0 Å². The van der Waals surface area contributed by atoms with E-state index in [9.17, 15) is 0 Å². The number of nitrogens with two attached hydrogens (primary N) is 1. The molecule has 20 heavy (non-hydrogen) atoms. The molecule has 0 saturated carbocycles. The Morgan fingerprint density at radius 2 is 2.15 bits per heavy atom. The zero-order valence-corrected chi connectivity index (χ0v) is 11.4.